The molecular weight excluding hydrogens is 1470 g/mol. The van der Waals surface area contributed by atoms with E-state index in [1.54, 1.807) is 0 Å². The first kappa shape index (κ1) is 112. The van der Waals surface area contributed by atoms with E-state index in [2.05, 4.69) is 48.5 Å². The number of phosphoric acid groups is 2. The summed E-state index contributed by atoms with van der Waals surface area (Å²) >= 11 is 0. The van der Waals surface area contributed by atoms with Crippen LogP contribution in [0.5, 0.6) is 0 Å². The zero-order valence-corrected chi connectivity index (χ0v) is 77.4. The highest BCUT2D eigenvalue weighted by Crippen LogP contribution is 2.45. The molecule has 678 valence electrons. The maximum Gasteiger partial charge on any atom is 0.472 e. The molecule has 0 aromatic rings. The zero-order chi connectivity index (χ0) is 83.6. The smallest absolute Gasteiger partial charge is 0.462 e. The first-order valence-electron chi connectivity index (χ1n) is 48.9. The van der Waals surface area contributed by atoms with Crippen molar-refractivity contribution in [2.75, 3.05) is 39.6 Å². The van der Waals surface area contributed by atoms with Gasteiger partial charge in [-0.1, -0.05) is 459 Å². The fourth-order valence-corrected chi connectivity index (χ4v) is 16.5. The summed E-state index contributed by atoms with van der Waals surface area (Å²) in [5, 5.41) is 10.7. The van der Waals surface area contributed by atoms with Crippen LogP contribution in [0.15, 0.2) is 0 Å². The average Bonchev–Trinajstić information content (AvgIpc) is 0.895. The van der Waals surface area contributed by atoms with E-state index in [-0.39, 0.29) is 25.7 Å². The fourth-order valence-electron chi connectivity index (χ4n) is 14.9. The number of esters is 4. The van der Waals surface area contributed by atoms with E-state index in [0.29, 0.717) is 25.7 Å². The van der Waals surface area contributed by atoms with Gasteiger partial charge in [-0.3, -0.25) is 37.3 Å². The van der Waals surface area contributed by atoms with E-state index in [9.17, 15) is 43.2 Å². The highest BCUT2D eigenvalue weighted by Gasteiger charge is 2.31. The second-order valence-corrected chi connectivity index (χ2v) is 38.0. The number of phosphoric ester groups is 2. The standard InChI is InChI=1S/C95H186O17P2/c1-8-11-12-13-14-15-16-17-18-19-20-28-33-38-43-48-57-64-72-79-95(100)112-91(83-106-93(98)77-70-63-56-51-50-52-59-66-73-86(4)5)85-110-114(103,104)108-81-89(96)80-107-113(101,102)109-84-90(111-94(99)78-71-65-58-49-44-39-34-29-24-22-26-31-36-41-46-54-61-68-75-88(7)10-3)82-105-92(97)76-69-62-55-47-42-37-32-27-23-21-25-30-35-40-45-53-60-67-74-87(6)9-2/h86-91,96H,8-85H2,1-7H3,(H,101,102)(H,103,104)/t87?,88?,89-,90-,91-/m1/s1. The molecule has 0 aromatic carbocycles. The van der Waals surface area contributed by atoms with Crippen LogP contribution in [0.25, 0.3) is 0 Å². The second kappa shape index (κ2) is 84.7. The van der Waals surface area contributed by atoms with Crippen LogP contribution in [-0.4, -0.2) is 96.7 Å². The third-order valence-corrected chi connectivity index (χ3v) is 25.0. The van der Waals surface area contributed by atoms with Gasteiger partial charge in [-0.2, -0.15) is 0 Å². The minimum absolute atomic E-state index is 0.108. The minimum Gasteiger partial charge on any atom is -0.462 e. The van der Waals surface area contributed by atoms with Crippen molar-refractivity contribution in [3.05, 3.63) is 0 Å². The number of rotatable bonds is 93. The zero-order valence-electron chi connectivity index (χ0n) is 75.6. The van der Waals surface area contributed by atoms with Crippen LogP contribution in [0.4, 0.5) is 0 Å². The Bertz CT molecular complexity index is 2190. The number of hydrogen-bond donors (Lipinski definition) is 3. The van der Waals surface area contributed by atoms with Crippen molar-refractivity contribution in [2.45, 2.75) is 529 Å². The maximum atomic E-state index is 13.2. The molecule has 114 heavy (non-hydrogen) atoms. The largest absolute Gasteiger partial charge is 0.472 e. The summed E-state index contributed by atoms with van der Waals surface area (Å²) in [5.74, 6) is 0.376. The fraction of sp³-hybridized carbons (Fsp3) is 0.958. The summed E-state index contributed by atoms with van der Waals surface area (Å²) < 4.78 is 69.2. The van der Waals surface area contributed by atoms with Gasteiger partial charge in [0.15, 0.2) is 12.2 Å². The van der Waals surface area contributed by atoms with Gasteiger partial charge < -0.3 is 33.8 Å². The Morgan fingerprint density at radius 2 is 0.447 bits per heavy atom. The lowest BCUT2D eigenvalue weighted by Gasteiger charge is -2.21. The van der Waals surface area contributed by atoms with E-state index in [0.717, 1.165) is 108 Å². The molecule has 17 nitrogen and oxygen atoms in total. The number of carbonyl (C=O) groups excluding carboxylic acids is 4. The summed E-state index contributed by atoms with van der Waals surface area (Å²) in [5.41, 5.74) is 0. The Morgan fingerprint density at radius 3 is 0.667 bits per heavy atom. The van der Waals surface area contributed by atoms with Crippen molar-refractivity contribution >= 4 is 39.5 Å². The second-order valence-electron chi connectivity index (χ2n) is 35.1. The molecule has 0 rings (SSSR count). The van der Waals surface area contributed by atoms with Gasteiger partial charge in [0, 0.05) is 25.7 Å². The average molecular weight is 1660 g/mol. The minimum atomic E-state index is -4.97. The van der Waals surface area contributed by atoms with Crippen molar-refractivity contribution < 1.29 is 80.2 Å². The number of ether oxygens (including phenoxy) is 4. The van der Waals surface area contributed by atoms with Crippen molar-refractivity contribution in [3.63, 3.8) is 0 Å². The molecule has 7 atom stereocenters. The number of aliphatic hydroxyl groups is 1. The van der Waals surface area contributed by atoms with Crippen LogP contribution in [0.2, 0.25) is 0 Å². The molecule has 19 heteroatoms. The Morgan fingerprint density at radius 1 is 0.254 bits per heavy atom. The first-order valence-corrected chi connectivity index (χ1v) is 51.9. The summed E-state index contributed by atoms with van der Waals surface area (Å²) in [6.07, 6.45) is 79.3. The van der Waals surface area contributed by atoms with Crippen LogP contribution >= 0.6 is 15.6 Å². The molecular formula is C95H186O17P2. The molecule has 0 amide bonds. The monoisotopic (exact) mass is 1660 g/mol. The van der Waals surface area contributed by atoms with Crippen LogP contribution in [-0.2, 0) is 65.4 Å². The van der Waals surface area contributed by atoms with Gasteiger partial charge in [-0.15, -0.1) is 0 Å². The van der Waals surface area contributed by atoms with E-state index in [1.165, 1.54) is 321 Å². The lowest BCUT2D eigenvalue weighted by Crippen LogP contribution is -2.30. The first-order chi connectivity index (χ1) is 55.3. The number of aliphatic hydroxyl groups excluding tert-OH is 1. The van der Waals surface area contributed by atoms with Gasteiger partial charge in [-0.05, 0) is 43.4 Å². The summed E-state index contributed by atoms with van der Waals surface area (Å²) in [6.45, 7) is 12.1. The molecule has 0 bridgehead atoms. The van der Waals surface area contributed by atoms with Gasteiger partial charge in [-0.25, -0.2) is 9.13 Å². The molecule has 0 aliphatic heterocycles. The molecule has 0 radical (unpaired) electrons. The number of unbranched alkanes of at least 4 members (excludes halogenated alkanes) is 59. The van der Waals surface area contributed by atoms with Crippen LogP contribution in [0, 0.1) is 17.8 Å². The Kier molecular flexibility index (Phi) is 83.2. The topological polar surface area (TPSA) is 237 Å². The lowest BCUT2D eigenvalue weighted by atomic mass is 9.99. The van der Waals surface area contributed by atoms with E-state index >= 15 is 0 Å². The SMILES string of the molecule is CCCCCCCCCCCCCCCCCCCCCC(=O)O[C@H](COC(=O)CCCCCCCCCCC(C)C)COP(=O)(O)OC[C@H](O)COP(=O)(O)OC[C@@H](COC(=O)CCCCCCCCCCCCCCCCCCCCC(C)CC)OC(=O)CCCCCCCCCCCCCCCCCCCCC(C)CC. The van der Waals surface area contributed by atoms with Gasteiger partial charge in [0.1, 0.15) is 19.3 Å². The highest BCUT2D eigenvalue weighted by atomic mass is 31.2. The van der Waals surface area contributed by atoms with Crippen molar-refractivity contribution in [1.82, 2.24) is 0 Å². The lowest BCUT2D eigenvalue weighted by molar-refractivity contribution is -0.161. The van der Waals surface area contributed by atoms with Gasteiger partial charge in [0.2, 0.25) is 0 Å². The van der Waals surface area contributed by atoms with Gasteiger partial charge in [0.25, 0.3) is 0 Å². The number of carbonyl (C=O) groups is 4. The quantitative estimate of drug-likeness (QED) is 0.0222. The van der Waals surface area contributed by atoms with E-state index in [1.807, 2.05) is 0 Å². The Balaban J connectivity index is 5.23. The van der Waals surface area contributed by atoms with Crippen LogP contribution in [0.1, 0.15) is 511 Å². The van der Waals surface area contributed by atoms with E-state index < -0.39 is 97.5 Å². The maximum absolute atomic E-state index is 13.2. The predicted molar refractivity (Wildman–Crippen MR) is 474 cm³/mol. The third-order valence-electron chi connectivity index (χ3n) is 23.1. The molecule has 0 aliphatic rings. The van der Waals surface area contributed by atoms with Crippen LogP contribution < -0.4 is 0 Å². The number of hydrogen-bond acceptors (Lipinski definition) is 15. The van der Waals surface area contributed by atoms with Crippen LogP contribution in [0.3, 0.4) is 0 Å². The highest BCUT2D eigenvalue weighted by molar-refractivity contribution is 7.47. The van der Waals surface area contributed by atoms with Crippen molar-refractivity contribution in [1.29, 1.82) is 0 Å². The molecule has 0 fully saturated rings. The third kappa shape index (κ3) is 85.1. The summed E-state index contributed by atoms with van der Waals surface area (Å²) in [7, 11) is -9.94. The Labute approximate surface area is 702 Å². The molecule has 0 aromatic heterocycles. The predicted octanol–water partition coefficient (Wildman–Crippen LogP) is 29.6. The summed E-state index contributed by atoms with van der Waals surface area (Å²) in [6, 6.07) is 0. The summed E-state index contributed by atoms with van der Waals surface area (Å²) in [4.78, 5) is 73.5. The van der Waals surface area contributed by atoms with E-state index in [4.69, 9.17) is 37.0 Å². The molecule has 3 N–H and O–H groups in total. The molecule has 0 spiro atoms. The normalized spacial score (nSPS) is 14.2. The molecule has 0 heterocycles. The van der Waals surface area contributed by atoms with Crippen molar-refractivity contribution in [2.24, 2.45) is 17.8 Å². The molecule has 0 aliphatic carbocycles. The Hall–Kier alpha value is -1.94. The van der Waals surface area contributed by atoms with Gasteiger partial charge in [0.05, 0.1) is 26.4 Å². The van der Waals surface area contributed by atoms with Gasteiger partial charge >= 0.3 is 39.5 Å². The van der Waals surface area contributed by atoms with Crippen molar-refractivity contribution in [3.8, 4) is 0 Å². The molecule has 0 saturated heterocycles. The molecule has 4 unspecified atom stereocenters. The molecule has 0 saturated carbocycles.